The minimum Gasteiger partial charge on any atom is -0.395 e. The van der Waals surface area contributed by atoms with Crippen molar-refractivity contribution in [1.82, 2.24) is 4.31 Å². The Kier molecular flexibility index (Phi) is 4.02. The summed E-state index contributed by atoms with van der Waals surface area (Å²) in [5, 5.41) is 19.7. The van der Waals surface area contributed by atoms with Crippen LogP contribution in [-0.4, -0.2) is 41.9 Å². The molecule has 20 heavy (non-hydrogen) atoms. The molecule has 0 radical (unpaired) electrons. The highest BCUT2D eigenvalue weighted by Gasteiger charge is 2.35. The van der Waals surface area contributed by atoms with Crippen LogP contribution in [0.4, 0.5) is 10.1 Å². The fraction of sp³-hybridized carbons (Fsp3) is 0.455. The lowest BCUT2D eigenvalue weighted by atomic mass is 10.2. The van der Waals surface area contributed by atoms with Crippen molar-refractivity contribution >= 4 is 15.7 Å². The third-order valence-corrected chi connectivity index (χ3v) is 5.20. The fourth-order valence-corrected chi connectivity index (χ4v) is 3.94. The van der Waals surface area contributed by atoms with Crippen molar-refractivity contribution in [3.63, 3.8) is 0 Å². The van der Waals surface area contributed by atoms with Crippen LogP contribution in [0.1, 0.15) is 12.8 Å². The van der Waals surface area contributed by atoms with E-state index < -0.39 is 32.5 Å². The molecule has 9 heteroatoms. The molecule has 0 saturated carbocycles. The van der Waals surface area contributed by atoms with Gasteiger partial charge in [0.15, 0.2) is 0 Å². The molecule has 0 aromatic heterocycles. The minimum atomic E-state index is -3.95. The van der Waals surface area contributed by atoms with Gasteiger partial charge in [-0.1, -0.05) is 0 Å². The van der Waals surface area contributed by atoms with E-state index in [0.29, 0.717) is 18.9 Å². The number of sulfonamides is 1. The summed E-state index contributed by atoms with van der Waals surface area (Å²) in [5.41, 5.74) is -0.774. The van der Waals surface area contributed by atoms with Crippen molar-refractivity contribution in [2.24, 2.45) is 0 Å². The molecule has 1 N–H and O–H groups in total. The molecule has 1 fully saturated rings. The molecule has 1 aromatic carbocycles. The summed E-state index contributed by atoms with van der Waals surface area (Å²) < 4.78 is 39.3. The summed E-state index contributed by atoms with van der Waals surface area (Å²) in [5.74, 6) is -1.20. The summed E-state index contributed by atoms with van der Waals surface area (Å²) in [7, 11) is -3.95. The van der Waals surface area contributed by atoms with Crippen molar-refractivity contribution in [3.8, 4) is 0 Å². The summed E-state index contributed by atoms with van der Waals surface area (Å²) in [6.45, 7) is -0.0686. The second kappa shape index (κ2) is 5.43. The van der Waals surface area contributed by atoms with E-state index in [0.717, 1.165) is 16.4 Å². The quantitative estimate of drug-likeness (QED) is 0.657. The van der Waals surface area contributed by atoms with Crippen LogP contribution < -0.4 is 0 Å². The molecule has 2 rings (SSSR count). The van der Waals surface area contributed by atoms with Crippen LogP contribution in [0.3, 0.4) is 0 Å². The first kappa shape index (κ1) is 14.8. The number of rotatable bonds is 4. The van der Waals surface area contributed by atoms with Gasteiger partial charge in [0, 0.05) is 24.7 Å². The number of benzene rings is 1. The second-order valence-electron chi connectivity index (χ2n) is 4.46. The summed E-state index contributed by atoms with van der Waals surface area (Å²) in [6, 6.07) is 1.94. The maximum Gasteiger partial charge on any atom is 0.304 e. The molecule has 0 spiro atoms. The molecule has 110 valence electrons. The number of halogens is 1. The standard InChI is InChI=1S/C11H13FN2O5S/c12-10-6-9(3-4-11(10)14(16)17)20(18,19)13-5-1-2-8(13)7-15/h3-4,6,8,15H,1-2,5,7H2/t8-/m0/s1. The van der Waals surface area contributed by atoms with Gasteiger partial charge in [-0.05, 0) is 18.9 Å². The SMILES string of the molecule is O=[N+]([O-])c1ccc(S(=O)(=O)N2CCC[C@H]2CO)cc1F. The number of aliphatic hydroxyl groups is 1. The van der Waals surface area contributed by atoms with Gasteiger partial charge in [-0.3, -0.25) is 10.1 Å². The van der Waals surface area contributed by atoms with Crippen LogP contribution in [-0.2, 0) is 10.0 Å². The Balaban J connectivity index is 2.40. The van der Waals surface area contributed by atoms with Gasteiger partial charge < -0.3 is 5.11 Å². The van der Waals surface area contributed by atoms with Crippen molar-refractivity contribution in [3.05, 3.63) is 34.1 Å². The third kappa shape index (κ3) is 2.51. The molecular weight excluding hydrogens is 291 g/mol. The monoisotopic (exact) mass is 304 g/mol. The lowest BCUT2D eigenvalue weighted by Gasteiger charge is -2.22. The highest BCUT2D eigenvalue weighted by molar-refractivity contribution is 7.89. The fourth-order valence-electron chi connectivity index (χ4n) is 2.24. The third-order valence-electron chi connectivity index (χ3n) is 3.26. The van der Waals surface area contributed by atoms with Gasteiger partial charge in [0.25, 0.3) is 0 Å². The molecule has 1 atom stereocenters. The Morgan fingerprint density at radius 3 is 2.75 bits per heavy atom. The van der Waals surface area contributed by atoms with Gasteiger partial charge in [-0.25, -0.2) is 8.42 Å². The molecule has 1 aliphatic rings. The molecule has 0 bridgehead atoms. The van der Waals surface area contributed by atoms with E-state index in [4.69, 9.17) is 5.11 Å². The van der Waals surface area contributed by atoms with Gasteiger partial charge in [-0.2, -0.15) is 8.70 Å². The number of nitro groups is 1. The zero-order chi connectivity index (χ0) is 14.9. The molecule has 1 saturated heterocycles. The van der Waals surface area contributed by atoms with Crippen LogP contribution in [0, 0.1) is 15.9 Å². The highest BCUT2D eigenvalue weighted by Crippen LogP contribution is 2.28. The van der Waals surface area contributed by atoms with Gasteiger partial charge in [0.05, 0.1) is 16.4 Å². The Morgan fingerprint density at radius 2 is 2.20 bits per heavy atom. The number of nitrogens with zero attached hydrogens (tertiary/aromatic N) is 2. The van der Waals surface area contributed by atoms with Crippen LogP contribution in [0.15, 0.2) is 23.1 Å². The number of aliphatic hydroxyl groups excluding tert-OH is 1. The zero-order valence-corrected chi connectivity index (χ0v) is 11.2. The minimum absolute atomic E-state index is 0.242. The average molecular weight is 304 g/mol. The summed E-state index contributed by atoms with van der Waals surface area (Å²) in [4.78, 5) is 9.25. The number of hydrogen-bond acceptors (Lipinski definition) is 5. The van der Waals surface area contributed by atoms with Crippen LogP contribution in [0.5, 0.6) is 0 Å². The van der Waals surface area contributed by atoms with Crippen molar-refractivity contribution < 1.29 is 22.8 Å². The highest BCUT2D eigenvalue weighted by atomic mass is 32.2. The van der Waals surface area contributed by atoms with E-state index in [2.05, 4.69) is 0 Å². The van der Waals surface area contributed by atoms with Gasteiger partial charge in [-0.15, -0.1) is 0 Å². The molecule has 0 aliphatic carbocycles. The maximum absolute atomic E-state index is 13.5. The van der Waals surface area contributed by atoms with Crippen LogP contribution >= 0.6 is 0 Å². The van der Waals surface area contributed by atoms with Crippen LogP contribution in [0.2, 0.25) is 0 Å². The largest absolute Gasteiger partial charge is 0.395 e. The molecule has 7 nitrogen and oxygen atoms in total. The van der Waals surface area contributed by atoms with Crippen LogP contribution in [0.25, 0.3) is 0 Å². The maximum atomic E-state index is 13.5. The van der Waals surface area contributed by atoms with E-state index >= 15 is 0 Å². The topological polar surface area (TPSA) is 101 Å². The van der Waals surface area contributed by atoms with Gasteiger partial charge >= 0.3 is 5.69 Å². The Bertz CT molecular complexity index is 634. The first-order valence-electron chi connectivity index (χ1n) is 5.94. The Hall–Kier alpha value is -1.58. The molecular formula is C11H13FN2O5S. The lowest BCUT2D eigenvalue weighted by Crippen LogP contribution is -2.37. The van der Waals surface area contributed by atoms with E-state index in [1.165, 1.54) is 0 Å². The smallest absolute Gasteiger partial charge is 0.304 e. The molecule has 0 unspecified atom stereocenters. The lowest BCUT2D eigenvalue weighted by molar-refractivity contribution is -0.387. The normalized spacial score (nSPS) is 20.2. The van der Waals surface area contributed by atoms with E-state index in [9.17, 15) is 22.9 Å². The first-order chi connectivity index (χ1) is 9.37. The number of hydrogen-bond donors (Lipinski definition) is 1. The van der Waals surface area contributed by atoms with Gasteiger partial charge in [0.1, 0.15) is 0 Å². The molecule has 0 amide bonds. The predicted molar refractivity (Wildman–Crippen MR) is 67.1 cm³/mol. The van der Waals surface area contributed by atoms with Crippen molar-refractivity contribution in [2.45, 2.75) is 23.8 Å². The Labute approximate surface area is 114 Å². The van der Waals surface area contributed by atoms with Crippen molar-refractivity contribution in [2.75, 3.05) is 13.2 Å². The molecule has 1 aliphatic heterocycles. The summed E-state index contributed by atoms with van der Waals surface area (Å²) in [6.07, 6.45) is 1.14. The predicted octanol–water partition coefficient (Wildman–Crippen LogP) is 0.879. The second-order valence-corrected chi connectivity index (χ2v) is 6.36. The average Bonchev–Trinajstić information content (AvgIpc) is 2.87. The van der Waals surface area contributed by atoms with E-state index in [-0.39, 0.29) is 18.0 Å². The zero-order valence-electron chi connectivity index (χ0n) is 10.4. The molecule has 1 heterocycles. The van der Waals surface area contributed by atoms with Gasteiger partial charge in [0.2, 0.25) is 15.8 Å². The first-order valence-corrected chi connectivity index (χ1v) is 7.38. The Morgan fingerprint density at radius 1 is 1.50 bits per heavy atom. The number of nitro benzene ring substituents is 1. The van der Waals surface area contributed by atoms with E-state index in [1.54, 1.807) is 0 Å². The van der Waals surface area contributed by atoms with Crippen molar-refractivity contribution in [1.29, 1.82) is 0 Å². The van der Waals surface area contributed by atoms with E-state index in [1.807, 2.05) is 0 Å². The molecule has 1 aromatic rings. The summed E-state index contributed by atoms with van der Waals surface area (Å²) >= 11 is 0.